The van der Waals surface area contributed by atoms with Crippen LogP contribution in [-0.4, -0.2) is 49.2 Å². The minimum Gasteiger partial charge on any atom is -0.391 e. The van der Waals surface area contributed by atoms with Gasteiger partial charge in [-0.05, 0) is 37.1 Å². The molecule has 4 heterocycles. The lowest BCUT2D eigenvalue weighted by molar-refractivity contribution is -0.141. The van der Waals surface area contributed by atoms with Gasteiger partial charge in [-0.2, -0.15) is 41.3 Å². The van der Waals surface area contributed by atoms with Crippen LogP contribution in [0.5, 0.6) is 0 Å². The zero-order valence-corrected chi connectivity index (χ0v) is 17.8. The Kier molecular flexibility index (Phi) is 6.60. The molecule has 0 bridgehead atoms. The number of halogens is 6. The summed E-state index contributed by atoms with van der Waals surface area (Å²) >= 11 is 0. The van der Waals surface area contributed by atoms with E-state index in [4.69, 9.17) is 0 Å². The number of anilines is 5. The van der Waals surface area contributed by atoms with Gasteiger partial charge in [0.1, 0.15) is 17.2 Å². The highest BCUT2D eigenvalue weighted by molar-refractivity contribution is 5.58. The fourth-order valence-electron chi connectivity index (χ4n) is 3.32. The maximum absolute atomic E-state index is 13.0. The number of β-amino-alcohol motifs (C(OH)–C–C–N with tert-alkyl or cyclic N) is 1. The van der Waals surface area contributed by atoms with Crippen LogP contribution >= 0.6 is 0 Å². The molecule has 1 unspecified atom stereocenters. The molecule has 186 valence electrons. The van der Waals surface area contributed by atoms with Crippen LogP contribution in [-0.2, 0) is 12.4 Å². The quantitative estimate of drug-likeness (QED) is 0.445. The number of nitrogens with one attached hydrogen (secondary N) is 2. The average molecular weight is 500 g/mol. The van der Waals surface area contributed by atoms with Crippen LogP contribution < -0.4 is 15.5 Å². The van der Waals surface area contributed by atoms with E-state index in [1.165, 1.54) is 12.1 Å². The molecule has 0 amide bonds. The Balaban J connectivity index is 1.67. The molecule has 0 aromatic carbocycles. The molecule has 4 rings (SSSR count). The number of aliphatic hydroxyl groups is 1. The summed E-state index contributed by atoms with van der Waals surface area (Å²) in [6, 6.07) is 5.25. The third-order valence-electron chi connectivity index (χ3n) is 4.89. The van der Waals surface area contributed by atoms with Gasteiger partial charge in [0, 0.05) is 25.0 Å². The first-order valence-corrected chi connectivity index (χ1v) is 10.3. The summed E-state index contributed by atoms with van der Waals surface area (Å²) in [7, 11) is 0. The summed E-state index contributed by atoms with van der Waals surface area (Å²) in [5.41, 5.74) is -2.29. The Bertz CT molecular complexity index is 1110. The highest BCUT2D eigenvalue weighted by Crippen LogP contribution is 2.31. The summed E-state index contributed by atoms with van der Waals surface area (Å²) in [5, 5.41) is 15.2. The van der Waals surface area contributed by atoms with Crippen molar-refractivity contribution in [2.24, 2.45) is 0 Å². The highest BCUT2D eigenvalue weighted by Gasteiger charge is 2.33. The van der Waals surface area contributed by atoms with Gasteiger partial charge in [-0.1, -0.05) is 6.07 Å². The van der Waals surface area contributed by atoms with Crippen molar-refractivity contribution < 1.29 is 31.4 Å². The largest absolute Gasteiger partial charge is 0.433 e. The third kappa shape index (κ3) is 6.23. The number of pyridine rings is 2. The van der Waals surface area contributed by atoms with Crippen molar-refractivity contribution in [2.75, 3.05) is 28.6 Å². The van der Waals surface area contributed by atoms with Gasteiger partial charge in [0.15, 0.2) is 0 Å². The lowest BCUT2D eigenvalue weighted by atomic mass is 10.1. The van der Waals surface area contributed by atoms with E-state index in [-0.39, 0.29) is 35.9 Å². The summed E-state index contributed by atoms with van der Waals surface area (Å²) in [6.07, 6.45) is -7.83. The SMILES string of the molecule is OC1CCCN(c2nc(Nc3ccnc(C(F)(F)F)c3)nc(Nc3cccc(C(F)(F)F)n3)n2)C1. The van der Waals surface area contributed by atoms with Crippen LogP contribution in [0.3, 0.4) is 0 Å². The smallest absolute Gasteiger partial charge is 0.391 e. The normalized spacial score (nSPS) is 16.8. The molecule has 35 heavy (non-hydrogen) atoms. The lowest BCUT2D eigenvalue weighted by Gasteiger charge is -2.30. The van der Waals surface area contributed by atoms with Gasteiger partial charge in [-0.15, -0.1) is 0 Å². The van der Waals surface area contributed by atoms with E-state index in [1.54, 1.807) is 4.90 Å². The number of aromatic nitrogens is 5. The van der Waals surface area contributed by atoms with Crippen LogP contribution in [0.2, 0.25) is 0 Å². The van der Waals surface area contributed by atoms with Crippen molar-refractivity contribution in [1.82, 2.24) is 24.9 Å². The predicted molar refractivity (Wildman–Crippen MR) is 112 cm³/mol. The molecule has 9 nitrogen and oxygen atoms in total. The molecular weight excluding hydrogens is 482 g/mol. The van der Waals surface area contributed by atoms with Crippen LogP contribution in [0.4, 0.5) is 55.7 Å². The molecule has 15 heteroatoms. The number of piperidine rings is 1. The van der Waals surface area contributed by atoms with Crippen LogP contribution in [0.1, 0.15) is 24.2 Å². The van der Waals surface area contributed by atoms with Gasteiger partial charge >= 0.3 is 12.4 Å². The molecule has 3 aromatic rings. The van der Waals surface area contributed by atoms with Crippen molar-refractivity contribution in [3.8, 4) is 0 Å². The topological polar surface area (TPSA) is 112 Å². The number of aliphatic hydroxyl groups excluding tert-OH is 1. The molecule has 1 aliphatic rings. The van der Waals surface area contributed by atoms with Crippen molar-refractivity contribution in [3.05, 3.63) is 47.9 Å². The second-order valence-electron chi connectivity index (χ2n) is 7.61. The van der Waals surface area contributed by atoms with E-state index in [0.29, 0.717) is 19.4 Å². The fourth-order valence-corrected chi connectivity index (χ4v) is 3.32. The molecular formula is C20H18F6N8O. The molecule has 1 fully saturated rings. The minimum atomic E-state index is -4.67. The van der Waals surface area contributed by atoms with Crippen LogP contribution in [0.15, 0.2) is 36.5 Å². The molecule has 1 saturated heterocycles. The zero-order chi connectivity index (χ0) is 25.2. The molecule has 3 N–H and O–H groups in total. The zero-order valence-electron chi connectivity index (χ0n) is 17.8. The molecule has 1 aliphatic heterocycles. The van der Waals surface area contributed by atoms with Crippen LogP contribution in [0, 0.1) is 0 Å². The summed E-state index contributed by atoms with van der Waals surface area (Å²) < 4.78 is 78.1. The number of alkyl halides is 6. The van der Waals surface area contributed by atoms with E-state index >= 15 is 0 Å². The van der Waals surface area contributed by atoms with Gasteiger partial charge in [-0.3, -0.25) is 4.98 Å². The predicted octanol–water partition coefficient (Wildman–Crippen LogP) is 4.15. The minimum absolute atomic E-state index is 0.0219. The number of hydrogen-bond acceptors (Lipinski definition) is 9. The fraction of sp³-hybridized carbons (Fsp3) is 0.350. The molecule has 0 spiro atoms. The van der Waals surface area contributed by atoms with Crippen molar-refractivity contribution in [2.45, 2.75) is 31.3 Å². The summed E-state index contributed by atoms with van der Waals surface area (Å²) in [4.78, 5) is 20.9. The molecule has 0 radical (unpaired) electrons. The Morgan fingerprint density at radius 2 is 1.60 bits per heavy atom. The summed E-state index contributed by atoms with van der Waals surface area (Å²) in [6.45, 7) is 0.674. The van der Waals surface area contributed by atoms with E-state index in [0.717, 1.165) is 24.4 Å². The lowest BCUT2D eigenvalue weighted by Crippen LogP contribution is -2.39. The molecule has 0 saturated carbocycles. The van der Waals surface area contributed by atoms with E-state index in [9.17, 15) is 31.4 Å². The van der Waals surface area contributed by atoms with Crippen molar-refractivity contribution in [3.63, 3.8) is 0 Å². The van der Waals surface area contributed by atoms with Gasteiger partial charge < -0.3 is 20.6 Å². The second-order valence-corrected chi connectivity index (χ2v) is 7.61. The van der Waals surface area contributed by atoms with Gasteiger partial charge in [-0.25, -0.2) is 4.98 Å². The number of nitrogens with zero attached hydrogens (tertiary/aromatic N) is 6. The molecule has 1 atom stereocenters. The summed E-state index contributed by atoms with van der Waals surface area (Å²) in [5.74, 6) is -0.510. The Morgan fingerprint density at radius 3 is 2.29 bits per heavy atom. The molecule has 3 aromatic heterocycles. The number of hydrogen-bond donors (Lipinski definition) is 3. The monoisotopic (exact) mass is 500 g/mol. The Labute approximate surface area is 194 Å². The second kappa shape index (κ2) is 9.48. The van der Waals surface area contributed by atoms with Crippen LogP contribution in [0.25, 0.3) is 0 Å². The maximum Gasteiger partial charge on any atom is 0.433 e. The van der Waals surface area contributed by atoms with Gasteiger partial charge in [0.05, 0.1) is 6.10 Å². The average Bonchev–Trinajstić information content (AvgIpc) is 2.78. The first-order valence-electron chi connectivity index (χ1n) is 10.3. The Morgan fingerprint density at radius 1 is 0.886 bits per heavy atom. The maximum atomic E-state index is 13.0. The third-order valence-corrected chi connectivity index (χ3v) is 4.89. The van der Waals surface area contributed by atoms with Crippen molar-refractivity contribution in [1.29, 1.82) is 0 Å². The Hall–Kier alpha value is -3.75. The van der Waals surface area contributed by atoms with Gasteiger partial charge in [0.2, 0.25) is 17.8 Å². The van der Waals surface area contributed by atoms with E-state index < -0.39 is 29.8 Å². The van der Waals surface area contributed by atoms with E-state index in [1.807, 2.05) is 0 Å². The first kappa shape index (κ1) is 24.4. The van der Waals surface area contributed by atoms with Gasteiger partial charge in [0.25, 0.3) is 0 Å². The highest BCUT2D eigenvalue weighted by atomic mass is 19.4. The van der Waals surface area contributed by atoms with Crippen molar-refractivity contribution >= 4 is 29.4 Å². The first-order chi connectivity index (χ1) is 16.5. The standard InChI is InChI=1S/C20H18F6N8O/c21-19(22,23)13-4-1-5-15(29-13)30-17-31-16(28-11-6-7-27-14(9-11)20(24,25)26)32-18(33-17)34-8-2-3-12(35)10-34/h1,4-7,9,12,35H,2-3,8,10H2,(H2,27,28,29,30,31,32,33). The van der Waals surface area contributed by atoms with E-state index in [2.05, 4.69) is 35.6 Å². The molecule has 0 aliphatic carbocycles. The number of rotatable bonds is 5.